The van der Waals surface area contributed by atoms with Gasteiger partial charge in [0.05, 0.1) is 10.5 Å². The number of hydrogen-bond acceptors (Lipinski definition) is 5. The molecule has 0 unspecified atom stereocenters. The minimum atomic E-state index is -0.996. The molecule has 0 bridgehead atoms. The van der Waals surface area contributed by atoms with Gasteiger partial charge in [-0.05, 0) is 43.3 Å². The van der Waals surface area contributed by atoms with E-state index in [4.69, 9.17) is 16.3 Å². The molecule has 0 heterocycles. The summed E-state index contributed by atoms with van der Waals surface area (Å²) in [6.45, 7) is 1.45. The van der Waals surface area contributed by atoms with Gasteiger partial charge in [0.15, 0.2) is 6.10 Å². The van der Waals surface area contributed by atoms with E-state index in [1.54, 1.807) is 18.2 Å². The molecule has 0 aliphatic heterocycles. The molecule has 0 aliphatic carbocycles. The van der Waals surface area contributed by atoms with Crippen molar-refractivity contribution in [2.75, 3.05) is 0 Å². The number of benzene rings is 2. The molecule has 2 aromatic rings. The molecule has 2 aromatic carbocycles. The van der Waals surface area contributed by atoms with Crippen LogP contribution in [0.2, 0.25) is 5.02 Å². The molecule has 0 radical (unpaired) electrons. The number of hydrogen-bond donors (Lipinski definition) is 0. The number of esters is 1. The van der Waals surface area contributed by atoms with Gasteiger partial charge in [-0.2, -0.15) is 0 Å². The van der Waals surface area contributed by atoms with Gasteiger partial charge in [0.2, 0.25) is 5.78 Å². The van der Waals surface area contributed by atoms with Gasteiger partial charge in [-0.1, -0.05) is 23.7 Å². The highest BCUT2D eigenvalue weighted by Crippen LogP contribution is 2.19. The fraction of sp³-hybridized carbons (Fsp3) is 0.111. The molecule has 6 nitrogen and oxygen atoms in total. The van der Waals surface area contributed by atoms with Crippen LogP contribution in [-0.4, -0.2) is 22.8 Å². The van der Waals surface area contributed by atoms with Crippen molar-refractivity contribution < 1.29 is 19.2 Å². The van der Waals surface area contributed by atoms with E-state index < -0.39 is 17.0 Å². The Morgan fingerprint density at radius 3 is 2.44 bits per heavy atom. The number of carbonyl (C=O) groups excluding carboxylic acids is 2. The lowest BCUT2D eigenvalue weighted by Gasteiger charge is -2.10. The Morgan fingerprint density at radius 1 is 1.16 bits per heavy atom. The van der Waals surface area contributed by atoms with Gasteiger partial charge in [0.1, 0.15) is 0 Å². The summed E-state index contributed by atoms with van der Waals surface area (Å²) >= 11 is 5.76. The highest BCUT2D eigenvalue weighted by molar-refractivity contribution is 6.30. The maximum absolute atomic E-state index is 12.2. The summed E-state index contributed by atoms with van der Waals surface area (Å²) in [5, 5.41) is 11.4. The van der Waals surface area contributed by atoms with Crippen LogP contribution in [0.4, 0.5) is 5.69 Å². The first-order valence-electron chi connectivity index (χ1n) is 7.30. The average Bonchev–Trinajstić information content (AvgIpc) is 2.60. The van der Waals surface area contributed by atoms with Gasteiger partial charge >= 0.3 is 5.97 Å². The Kier molecular flexibility index (Phi) is 6.03. The molecule has 0 saturated carbocycles. The van der Waals surface area contributed by atoms with Crippen LogP contribution in [0, 0.1) is 10.1 Å². The van der Waals surface area contributed by atoms with Crippen molar-refractivity contribution in [3.8, 4) is 0 Å². The summed E-state index contributed by atoms with van der Waals surface area (Å²) in [5.74, 6) is -1.14. The Hall–Kier alpha value is -2.99. The van der Waals surface area contributed by atoms with Crippen LogP contribution in [0.5, 0.6) is 0 Å². The normalized spacial score (nSPS) is 11.9. The number of Topliss-reactive ketones (excluding diaryl/α,β-unsaturated/α-hetero) is 1. The molecule has 25 heavy (non-hydrogen) atoms. The van der Waals surface area contributed by atoms with Crippen LogP contribution in [0.1, 0.15) is 22.8 Å². The monoisotopic (exact) mass is 359 g/mol. The van der Waals surface area contributed by atoms with Crippen LogP contribution in [-0.2, 0) is 9.53 Å². The molecule has 0 saturated heterocycles. The smallest absolute Gasteiger partial charge is 0.331 e. The Morgan fingerprint density at radius 2 is 1.80 bits per heavy atom. The number of nitrogens with zero attached hydrogens (tertiary/aromatic N) is 1. The third-order valence-electron chi connectivity index (χ3n) is 3.32. The zero-order valence-corrected chi connectivity index (χ0v) is 14.0. The van der Waals surface area contributed by atoms with Crippen molar-refractivity contribution in [3.05, 3.63) is 80.9 Å². The zero-order valence-electron chi connectivity index (χ0n) is 13.2. The number of rotatable bonds is 6. The molecule has 0 fully saturated rings. The number of halogens is 1. The zero-order chi connectivity index (χ0) is 18.4. The summed E-state index contributed by atoms with van der Waals surface area (Å²) in [4.78, 5) is 34.4. The van der Waals surface area contributed by atoms with Crippen molar-refractivity contribution in [2.24, 2.45) is 0 Å². The van der Waals surface area contributed by atoms with Crippen LogP contribution in [0.15, 0.2) is 54.6 Å². The maximum Gasteiger partial charge on any atom is 0.331 e. The Balaban J connectivity index is 2.03. The second kappa shape index (κ2) is 8.21. The number of nitro benzene ring substituents is 1. The lowest BCUT2D eigenvalue weighted by Crippen LogP contribution is -2.23. The molecular formula is C18H14ClNO5. The predicted molar refractivity (Wildman–Crippen MR) is 93.5 cm³/mol. The van der Waals surface area contributed by atoms with Crippen LogP contribution in [0.25, 0.3) is 6.08 Å². The summed E-state index contributed by atoms with van der Waals surface area (Å²) < 4.78 is 5.04. The van der Waals surface area contributed by atoms with E-state index in [1.165, 1.54) is 43.3 Å². The van der Waals surface area contributed by atoms with Crippen LogP contribution in [0.3, 0.4) is 0 Å². The third kappa shape index (κ3) is 4.99. The molecular weight excluding hydrogens is 346 g/mol. The quantitative estimate of drug-likeness (QED) is 0.255. The highest BCUT2D eigenvalue weighted by atomic mass is 35.5. The van der Waals surface area contributed by atoms with E-state index in [1.807, 2.05) is 0 Å². The van der Waals surface area contributed by atoms with Gasteiger partial charge in [0.25, 0.3) is 5.69 Å². The van der Waals surface area contributed by atoms with Crippen molar-refractivity contribution in [3.63, 3.8) is 0 Å². The largest absolute Gasteiger partial charge is 0.451 e. The number of carbonyl (C=O) groups is 2. The fourth-order valence-electron chi connectivity index (χ4n) is 2.07. The van der Waals surface area contributed by atoms with E-state index in [-0.39, 0.29) is 17.0 Å². The van der Waals surface area contributed by atoms with Gasteiger partial charge in [0, 0.05) is 22.7 Å². The molecule has 128 valence electrons. The number of ether oxygens (including phenoxy) is 1. The molecule has 2 rings (SSSR count). The van der Waals surface area contributed by atoms with Gasteiger partial charge in [-0.3, -0.25) is 14.9 Å². The van der Waals surface area contributed by atoms with E-state index in [0.717, 1.165) is 6.08 Å². The van der Waals surface area contributed by atoms with Crippen LogP contribution >= 0.6 is 11.6 Å². The maximum atomic E-state index is 12.2. The predicted octanol–water partition coefficient (Wildman–Crippen LogP) is 4.08. The Labute approximate surface area is 148 Å². The van der Waals surface area contributed by atoms with Gasteiger partial charge < -0.3 is 4.74 Å². The van der Waals surface area contributed by atoms with E-state index >= 15 is 0 Å². The second-order valence-corrected chi connectivity index (χ2v) is 5.54. The van der Waals surface area contributed by atoms with E-state index in [9.17, 15) is 19.7 Å². The number of para-hydroxylation sites is 1. The molecule has 1 atom stereocenters. The van der Waals surface area contributed by atoms with Crippen molar-refractivity contribution in [1.82, 2.24) is 0 Å². The first-order chi connectivity index (χ1) is 11.9. The molecule has 0 amide bonds. The van der Waals surface area contributed by atoms with E-state index in [0.29, 0.717) is 10.6 Å². The first kappa shape index (κ1) is 18.4. The minimum absolute atomic E-state index is 0.128. The topological polar surface area (TPSA) is 86.5 Å². The van der Waals surface area contributed by atoms with Crippen LogP contribution < -0.4 is 0 Å². The summed E-state index contributed by atoms with van der Waals surface area (Å²) in [5.41, 5.74) is 0.505. The van der Waals surface area contributed by atoms with Crippen molar-refractivity contribution >= 4 is 35.1 Å². The molecule has 0 N–H and O–H groups in total. The standard InChI is InChI=1S/C18H14ClNO5/c1-12(18(22)14-6-9-15(19)10-7-14)25-17(21)11-8-13-4-2-3-5-16(13)20(23)24/h2-12H,1H3/b11-8+/t12-/m0/s1. The SMILES string of the molecule is C[C@H](OC(=O)/C=C/c1ccccc1[N+](=O)[O-])C(=O)c1ccc(Cl)cc1. The highest BCUT2D eigenvalue weighted by Gasteiger charge is 2.18. The number of ketones is 1. The Bertz CT molecular complexity index is 830. The fourth-order valence-corrected chi connectivity index (χ4v) is 2.19. The average molecular weight is 360 g/mol. The van der Waals surface area contributed by atoms with Crippen molar-refractivity contribution in [1.29, 1.82) is 0 Å². The lowest BCUT2D eigenvalue weighted by molar-refractivity contribution is -0.385. The lowest BCUT2D eigenvalue weighted by atomic mass is 10.1. The second-order valence-electron chi connectivity index (χ2n) is 5.10. The van der Waals surface area contributed by atoms with Gasteiger partial charge in [-0.25, -0.2) is 4.79 Å². The van der Waals surface area contributed by atoms with Gasteiger partial charge in [-0.15, -0.1) is 0 Å². The number of nitro groups is 1. The minimum Gasteiger partial charge on any atom is -0.451 e. The molecule has 0 aliphatic rings. The molecule has 0 aromatic heterocycles. The molecule has 7 heteroatoms. The van der Waals surface area contributed by atoms with Crippen molar-refractivity contribution in [2.45, 2.75) is 13.0 Å². The summed E-state index contributed by atoms with van der Waals surface area (Å²) in [7, 11) is 0. The van der Waals surface area contributed by atoms with E-state index in [2.05, 4.69) is 0 Å². The third-order valence-corrected chi connectivity index (χ3v) is 3.58. The summed E-state index contributed by atoms with van der Waals surface area (Å²) in [6.07, 6.45) is 1.33. The molecule has 0 spiro atoms. The first-order valence-corrected chi connectivity index (χ1v) is 7.68. The summed E-state index contributed by atoms with van der Waals surface area (Å²) in [6, 6.07) is 12.2.